The van der Waals surface area contributed by atoms with Crippen molar-refractivity contribution in [1.82, 2.24) is 10.3 Å². The molecule has 1 N–H and O–H groups in total. The average Bonchev–Trinajstić information content (AvgIpc) is 2.43. The van der Waals surface area contributed by atoms with Crippen LogP contribution in [0.3, 0.4) is 0 Å². The first-order valence-electron chi connectivity index (χ1n) is 7.60. The lowest BCUT2D eigenvalue weighted by Gasteiger charge is -2.35. The topological polar surface area (TPSA) is 60.5 Å². The Morgan fingerprint density at radius 2 is 2.19 bits per heavy atom. The number of hydrogen-bond acceptors (Lipinski definition) is 5. The normalized spacial score (nSPS) is 21.0. The van der Waals surface area contributed by atoms with E-state index in [4.69, 9.17) is 9.47 Å². The fourth-order valence-corrected chi connectivity index (χ4v) is 2.13. The number of Topliss-reactive ketones (excluding diaryl/α,β-unsaturated/α-hetero) is 1. The predicted octanol–water partition coefficient (Wildman–Crippen LogP) is 2.20. The third-order valence-corrected chi connectivity index (χ3v) is 3.61. The monoisotopic (exact) mass is 292 g/mol. The zero-order valence-electron chi connectivity index (χ0n) is 13.0. The fraction of sp³-hybridized carbons (Fsp3) is 0.625. The Morgan fingerprint density at radius 3 is 2.76 bits per heavy atom. The smallest absolute Gasteiger partial charge is 0.213 e. The van der Waals surface area contributed by atoms with Crippen molar-refractivity contribution in [3.05, 3.63) is 18.3 Å². The van der Waals surface area contributed by atoms with Gasteiger partial charge in [0.2, 0.25) is 5.88 Å². The summed E-state index contributed by atoms with van der Waals surface area (Å²) in [5.74, 6) is 1.27. The number of rotatable bonds is 8. The van der Waals surface area contributed by atoms with Gasteiger partial charge in [0.15, 0.2) is 5.78 Å². The minimum absolute atomic E-state index is 0.0103. The maximum atomic E-state index is 11.5. The van der Waals surface area contributed by atoms with Gasteiger partial charge in [-0.25, -0.2) is 4.98 Å². The SMILES string of the molecule is CCN[C@H]1C[C@H](Oc2ccc(OCC(=O)C(C)C)cn2)C1. The zero-order valence-corrected chi connectivity index (χ0v) is 13.0. The van der Waals surface area contributed by atoms with Crippen LogP contribution in [-0.4, -0.2) is 36.1 Å². The van der Waals surface area contributed by atoms with Crippen LogP contribution in [0.15, 0.2) is 18.3 Å². The van der Waals surface area contributed by atoms with Gasteiger partial charge in [0, 0.05) is 18.0 Å². The lowest BCUT2D eigenvalue weighted by molar-refractivity contribution is -0.123. The van der Waals surface area contributed by atoms with Crippen LogP contribution in [-0.2, 0) is 4.79 Å². The lowest BCUT2D eigenvalue weighted by Crippen LogP contribution is -2.46. The maximum Gasteiger partial charge on any atom is 0.213 e. The van der Waals surface area contributed by atoms with E-state index < -0.39 is 0 Å². The number of aromatic nitrogens is 1. The first-order valence-corrected chi connectivity index (χ1v) is 7.60. The van der Waals surface area contributed by atoms with Crippen molar-refractivity contribution in [3.8, 4) is 11.6 Å². The molecule has 0 spiro atoms. The van der Waals surface area contributed by atoms with Gasteiger partial charge in [-0.15, -0.1) is 0 Å². The first kappa shape index (κ1) is 15.8. The second-order valence-corrected chi connectivity index (χ2v) is 5.71. The van der Waals surface area contributed by atoms with E-state index in [0.29, 0.717) is 17.7 Å². The molecule has 0 unspecified atom stereocenters. The molecule has 1 aromatic heterocycles. The Kier molecular flexibility index (Phi) is 5.56. The van der Waals surface area contributed by atoms with Crippen LogP contribution in [0, 0.1) is 5.92 Å². The number of ketones is 1. The summed E-state index contributed by atoms with van der Waals surface area (Å²) >= 11 is 0. The fourth-order valence-electron chi connectivity index (χ4n) is 2.13. The number of carbonyl (C=O) groups is 1. The van der Waals surface area contributed by atoms with Crippen molar-refractivity contribution in [2.45, 2.75) is 45.8 Å². The zero-order chi connectivity index (χ0) is 15.2. The summed E-state index contributed by atoms with van der Waals surface area (Å²) in [7, 11) is 0. The predicted molar refractivity (Wildman–Crippen MR) is 80.7 cm³/mol. The van der Waals surface area contributed by atoms with Gasteiger partial charge in [-0.05, 0) is 25.5 Å². The van der Waals surface area contributed by atoms with E-state index in [2.05, 4.69) is 17.2 Å². The summed E-state index contributed by atoms with van der Waals surface area (Å²) in [6.07, 6.45) is 3.90. The molecule has 1 heterocycles. The van der Waals surface area contributed by atoms with Gasteiger partial charge in [-0.3, -0.25) is 4.79 Å². The van der Waals surface area contributed by atoms with Crippen LogP contribution >= 0.6 is 0 Å². The van der Waals surface area contributed by atoms with E-state index in [1.54, 1.807) is 18.3 Å². The molecule has 1 aliphatic carbocycles. The molecule has 5 nitrogen and oxygen atoms in total. The summed E-state index contributed by atoms with van der Waals surface area (Å²) in [5, 5.41) is 3.39. The summed E-state index contributed by atoms with van der Waals surface area (Å²) in [4.78, 5) is 15.7. The maximum absolute atomic E-state index is 11.5. The van der Waals surface area contributed by atoms with Gasteiger partial charge in [0.05, 0.1) is 6.20 Å². The van der Waals surface area contributed by atoms with Crippen molar-refractivity contribution >= 4 is 5.78 Å². The molecule has 21 heavy (non-hydrogen) atoms. The molecule has 0 bridgehead atoms. The van der Waals surface area contributed by atoms with E-state index in [1.807, 2.05) is 13.8 Å². The highest BCUT2D eigenvalue weighted by Gasteiger charge is 2.30. The molecular weight excluding hydrogens is 268 g/mol. The molecule has 0 atom stereocenters. The van der Waals surface area contributed by atoms with Gasteiger partial charge >= 0.3 is 0 Å². The lowest BCUT2D eigenvalue weighted by atomic mass is 9.89. The quantitative estimate of drug-likeness (QED) is 0.796. The first-order chi connectivity index (χ1) is 10.1. The van der Waals surface area contributed by atoms with Crippen molar-refractivity contribution in [3.63, 3.8) is 0 Å². The molecule has 0 radical (unpaired) electrons. The minimum Gasteiger partial charge on any atom is -0.484 e. The largest absolute Gasteiger partial charge is 0.484 e. The Hall–Kier alpha value is -1.62. The standard InChI is InChI=1S/C16H24N2O3/c1-4-17-12-7-14(8-12)21-16-6-5-13(9-18-16)20-10-15(19)11(2)3/h5-6,9,11-12,14,17H,4,7-8,10H2,1-3H3/t12-,14-. The average molecular weight is 292 g/mol. The van der Waals surface area contributed by atoms with Gasteiger partial charge in [0.25, 0.3) is 0 Å². The van der Waals surface area contributed by atoms with Gasteiger partial charge in [-0.1, -0.05) is 20.8 Å². The third kappa shape index (κ3) is 4.70. The van der Waals surface area contributed by atoms with Crippen LogP contribution in [0.25, 0.3) is 0 Å². The molecule has 0 aromatic carbocycles. The molecular formula is C16H24N2O3. The van der Waals surface area contributed by atoms with Crippen molar-refractivity contribution in [2.75, 3.05) is 13.2 Å². The number of pyridine rings is 1. The number of nitrogens with zero attached hydrogens (tertiary/aromatic N) is 1. The number of carbonyl (C=O) groups excluding carboxylic acids is 1. The van der Waals surface area contributed by atoms with Gasteiger partial charge in [0.1, 0.15) is 18.5 Å². The van der Waals surface area contributed by atoms with Gasteiger partial charge < -0.3 is 14.8 Å². The van der Waals surface area contributed by atoms with Crippen molar-refractivity contribution in [2.24, 2.45) is 5.92 Å². The third-order valence-electron chi connectivity index (χ3n) is 3.61. The molecule has 1 aromatic rings. The summed E-state index contributed by atoms with van der Waals surface area (Å²) in [6, 6.07) is 4.15. The summed E-state index contributed by atoms with van der Waals surface area (Å²) in [6.45, 7) is 6.92. The van der Waals surface area contributed by atoms with Crippen LogP contribution in [0.5, 0.6) is 11.6 Å². The van der Waals surface area contributed by atoms with E-state index in [9.17, 15) is 4.79 Å². The molecule has 0 amide bonds. The van der Waals surface area contributed by atoms with Crippen LogP contribution < -0.4 is 14.8 Å². The Morgan fingerprint density at radius 1 is 1.43 bits per heavy atom. The van der Waals surface area contributed by atoms with Crippen LogP contribution in [0.2, 0.25) is 0 Å². The minimum atomic E-state index is -0.0103. The molecule has 0 saturated heterocycles. The van der Waals surface area contributed by atoms with Crippen LogP contribution in [0.4, 0.5) is 0 Å². The van der Waals surface area contributed by atoms with Gasteiger partial charge in [-0.2, -0.15) is 0 Å². The molecule has 1 saturated carbocycles. The molecule has 0 aliphatic heterocycles. The Balaban J connectivity index is 1.74. The summed E-state index contributed by atoms with van der Waals surface area (Å²) < 4.78 is 11.2. The molecule has 2 rings (SSSR count). The molecule has 5 heteroatoms. The molecule has 1 fully saturated rings. The Bertz CT molecular complexity index is 453. The van der Waals surface area contributed by atoms with Crippen molar-refractivity contribution < 1.29 is 14.3 Å². The van der Waals surface area contributed by atoms with E-state index in [1.165, 1.54) is 0 Å². The second kappa shape index (κ2) is 7.41. The number of ether oxygens (including phenoxy) is 2. The van der Waals surface area contributed by atoms with E-state index in [-0.39, 0.29) is 24.4 Å². The second-order valence-electron chi connectivity index (χ2n) is 5.71. The number of nitrogens with one attached hydrogen (secondary N) is 1. The highest BCUT2D eigenvalue weighted by atomic mass is 16.5. The highest BCUT2D eigenvalue weighted by Crippen LogP contribution is 2.25. The van der Waals surface area contributed by atoms with E-state index >= 15 is 0 Å². The summed E-state index contributed by atoms with van der Waals surface area (Å²) in [5.41, 5.74) is 0. The van der Waals surface area contributed by atoms with Crippen LogP contribution in [0.1, 0.15) is 33.6 Å². The number of hydrogen-bond donors (Lipinski definition) is 1. The highest BCUT2D eigenvalue weighted by molar-refractivity contribution is 5.81. The Labute approximate surface area is 126 Å². The van der Waals surface area contributed by atoms with E-state index in [0.717, 1.165) is 19.4 Å². The molecule has 116 valence electrons. The van der Waals surface area contributed by atoms with Crippen molar-refractivity contribution in [1.29, 1.82) is 0 Å². The molecule has 1 aliphatic rings.